The van der Waals surface area contributed by atoms with Gasteiger partial charge in [-0.05, 0) is 16.7 Å². The molecule has 1 aliphatic rings. The summed E-state index contributed by atoms with van der Waals surface area (Å²) in [5, 5.41) is 0. The first-order valence-corrected chi connectivity index (χ1v) is 6.30. The highest BCUT2D eigenvalue weighted by molar-refractivity contribution is 5.85. The van der Waals surface area contributed by atoms with Gasteiger partial charge in [-0.25, -0.2) is 0 Å². The molecule has 0 saturated carbocycles. The summed E-state index contributed by atoms with van der Waals surface area (Å²) in [7, 11) is 0. The fourth-order valence-corrected chi connectivity index (χ4v) is 1.48. The molecule has 0 N–H and O–H groups in total. The summed E-state index contributed by atoms with van der Waals surface area (Å²) in [6.45, 7) is 8.00. The predicted molar refractivity (Wildman–Crippen MR) is 75.9 cm³/mol. The lowest BCUT2D eigenvalue weighted by atomic mass is 10.0. The largest absolute Gasteiger partial charge is 0.298 e. The maximum atomic E-state index is 10.5. The second-order valence-electron chi connectivity index (χ2n) is 3.09. The molecular weight excluding hydrogens is 208 g/mol. The Balaban J connectivity index is 0.000000581. The molecule has 0 fully saturated rings. The van der Waals surface area contributed by atoms with E-state index < -0.39 is 0 Å². The topological polar surface area (TPSA) is 17.1 Å². The van der Waals surface area contributed by atoms with E-state index in [-0.39, 0.29) is 0 Å². The number of aldehydes is 1. The zero-order chi connectivity index (χ0) is 13.1. The summed E-state index contributed by atoms with van der Waals surface area (Å²) in [6.07, 6.45) is 5.59. The molecule has 0 saturated heterocycles. The third kappa shape index (κ3) is 4.81. The van der Waals surface area contributed by atoms with Crippen molar-refractivity contribution in [3.8, 4) is 0 Å². The van der Waals surface area contributed by atoms with Crippen LogP contribution in [0.2, 0.25) is 0 Å². The molecule has 2 rings (SSSR count). The quantitative estimate of drug-likeness (QED) is 0.676. The number of rotatable bonds is 2. The van der Waals surface area contributed by atoms with Gasteiger partial charge in [0.25, 0.3) is 0 Å². The molecule has 92 valence electrons. The van der Waals surface area contributed by atoms with Crippen LogP contribution in [0.25, 0.3) is 5.57 Å². The van der Waals surface area contributed by atoms with Gasteiger partial charge < -0.3 is 0 Å². The van der Waals surface area contributed by atoms with Gasteiger partial charge in [0.1, 0.15) is 6.29 Å². The summed E-state index contributed by atoms with van der Waals surface area (Å²) in [6, 6.07) is 10.1. The molecule has 1 heteroatoms. The molecule has 0 radical (unpaired) electrons. The summed E-state index contributed by atoms with van der Waals surface area (Å²) in [5.41, 5.74) is 3.29. The fraction of sp³-hybridized carbons (Fsp3) is 0.312. The Bertz CT molecular complexity index is 372. The first kappa shape index (κ1) is 15.4. The van der Waals surface area contributed by atoms with E-state index in [1.807, 2.05) is 58.0 Å². The molecule has 1 aromatic carbocycles. The van der Waals surface area contributed by atoms with E-state index in [0.717, 1.165) is 18.3 Å². The molecule has 0 spiro atoms. The van der Waals surface area contributed by atoms with Crippen molar-refractivity contribution in [3.63, 3.8) is 0 Å². The van der Waals surface area contributed by atoms with Gasteiger partial charge in [0.15, 0.2) is 0 Å². The predicted octanol–water partition coefficient (Wildman–Crippen LogP) is 4.65. The minimum Gasteiger partial charge on any atom is -0.298 e. The second-order valence-corrected chi connectivity index (χ2v) is 3.09. The van der Waals surface area contributed by atoms with Crippen LogP contribution in [0.1, 0.15) is 39.7 Å². The van der Waals surface area contributed by atoms with E-state index in [9.17, 15) is 4.79 Å². The Kier molecular flexibility index (Phi) is 8.67. The third-order valence-corrected chi connectivity index (χ3v) is 2.19. The molecular formula is C16H22O. The normalized spacial score (nSPS) is 12.2. The van der Waals surface area contributed by atoms with Crippen LogP contribution < -0.4 is 0 Å². The van der Waals surface area contributed by atoms with Crippen LogP contribution in [-0.2, 0) is 4.79 Å². The van der Waals surface area contributed by atoms with E-state index in [1.165, 1.54) is 11.1 Å². The molecule has 0 bridgehead atoms. The zero-order valence-electron chi connectivity index (χ0n) is 11.2. The molecule has 1 nitrogen and oxygen atoms in total. The van der Waals surface area contributed by atoms with Gasteiger partial charge in [0.05, 0.1) is 0 Å². The maximum absolute atomic E-state index is 10.5. The Morgan fingerprint density at radius 1 is 0.941 bits per heavy atom. The number of benzene rings is 1. The second kappa shape index (κ2) is 9.59. The third-order valence-electron chi connectivity index (χ3n) is 2.19. The molecule has 0 amide bonds. The van der Waals surface area contributed by atoms with Gasteiger partial charge >= 0.3 is 0 Å². The Hall–Kier alpha value is -1.63. The van der Waals surface area contributed by atoms with Crippen molar-refractivity contribution in [2.75, 3.05) is 0 Å². The van der Waals surface area contributed by atoms with Gasteiger partial charge in [-0.2, -0.15) is 0 Å². The van der Waals surface area contributed by atoms with E-state index in [4.69, 9.17) is 0 Å². The summed E-state index contributed by atoms with van der Waals surface area (Å²) in [5.74, 6) is 0. The van der Waals surface area contributed by atoms with Crippen LogP contribution >= 0.6 is 0 Å². The lowest BCUT2D eigenvalue weighted by molar-refractivity contribution is -0.104. The SMILES string of the molecule is CC.CC.O=CC1=CC=C(c2ccccc2)C1. The van der Waals surface area contributed by atoms with Crippen molar-refractivity contribution in [2.24, 2.45) is 0 Å². The Morgan fingerprint density at radius 3 is 2.00 bits per heavy atom. The monoisotopic (exact) mass is 230 g/mol. The van der Waals surface area contributed by atoms with Crippen LogP contribution in [0.3, 0.4) is 0 Å². The van der Waals surface area contributed by atoms with Gasteiger partial charge in [-0.3, -0.25) is 4.79 Å². The average molecular weight is 230 g/mol. The molecule has 17 heavy (non-hydrogen) atoms. The van der Waals surface area contributed by atoms with Gasteiger partial charge in [-0.15, -0.1) is 0 Å². The van der Waals surface area contributed by atoms with Gasteiger partial charge in [0, 0.05) is 6.42 Å². The van der Waals surface area contributed by atoms with Crippen molar-refractivity contribution in [3.05, 3.63) is 53.6 Å². The summed E-state index contributed by atoms with van der Waals surface area (Å²) < 4.78 is 0. The zero-order valence-corrected chi connectivity index (χ0v) is 11.2. The number of allylic oxidation sites excluding steroid dienone is 4. The van der Waals surface area contributed by atoms with Crippen LogP contribution in [0.5, 0.6) is 0 Å². The lowest BCUT2D eigenvalue weighted by Gasteiger charge is -2.00. The minimum atomic E-state index is 0.771. The highest BCUT2D eigenvalue weighted by Gasteiger charge is 2.08. The van der Waals surface area contributed by atoms with E-state index >= 15 is 0 Å². The van der Waals surface area contributed by atoms with Crippen molar-refractivity contribution >= 4 is 11.9 Å². The highest BCUT2D eigenvalue weighted by atomic mass is 16.1. The van der Waals surface area contributed by atoms with Crippen molar-refractivity contribution in [1.29, 1.82) is 0 Å². The molecule has 1 aliphatic carbocycles. The van der Waals surface area contributed by atoms with E-state index in [0.29, 0.717) is 0 Å². The number of hydrogen-bond acceptors (Lipinski definition) is 1. The van der Waals surface area contributed by atoms with Crippen molar-refractivity contribution < 1.29 is 4.79 Å². The van der Waals surface area contributed by atoms with Crippen LogP contribution in [0.4, 0.5) is 0 Å². The molecule has 0 heterocycles. The number of hydrogen-bond donors (Lipinski definition) is 0. The van der Waals surface area contributed by atoms with Crippen LogP contribution in [0, 0.1) is 0 Å². The van der Waals surface area contributed by atoms with Gasteiger partial charge in [0.2, 0.25) is 0 Å². The number of carbonyl (C=O) groups excluding carboxylic acids is 1. The first-order valence-electron chi connectivity index (χ1n) is 6.30. The van der Waals surface area contributed by atoms with E-state index in [1.54, 1.807) is 0 Å². The summed E-state index contributed by atoms with van der Waals surface area (Å²) in [4.78, 5) is 10.5. The first-order chi connectivity index (χ1) is 8.40. The van der Waals surface area contributed by atoms with Crippen LogP contribution in [-0.4, -0.2) is 6.29 Å². The van der Waals surface area contributed by atoms with Crippen LogP contribution in [0.15, 0.2) is 48.1 Å². The molecule has 0 unspecified atom stereocenters. The lowest BCUT2D eigenvalue weighted by Crippen LogP contribution is -1.83. The minimum absolute atomic E-state index is 0.771. The smallest absolute Gasteiger partial charge is 0.146 e. The standard InChI is InChI=1S/C12H10O.2C2H6/c13-9-10-6-7-12(8-10)11-4-2-1-3-5-11;2*1-2/h1-7,9H,8H2;2*1-2H3. The molecule has 1 aromatic rings. The van der Waals surface area contributed by atoms with Crippen molar-refractivity contribution in [2.45, 2.75) is 34.1 Å². The fourth-order valence-electron chi connectivity index (χ4n) is 1.48. The average Bonchev–Trinajstić information content (AvgIpc) is 2.93. The number of carbonyl (C=O) groups is 1. The molecule has 0 atom stereocenters. The molecule has 0 aromatic heterocycles. The van der Waals surface area contributed by atoms with Crippen molar-refractivity contribution in [1.82, 2.24) is 0 Å². The molecule has 0 aliphatic heterocycles. The van der Waals surface area contributed by atoms with Gasteiger partial charge in [-0.1, -0.05) is 70.2 Å². The maximum Gasteiger partial charge on any atom is 0.146 e. The highest BCUT2D eigenvalue weighted by Crippen LogP contribution is 2.26. The van der Waals surface area contributed by atoms with E-state index in [2.05, 4.69) is 12.1 Å². The Morgan fingerprint density at radius 2 is 1.53 bits per heavy atom. The summed E-state index contributed by atoms with van der Waals surface area (Å²) >= 11 is 0. The Labute approximate surface area is 105 Å².